The van der Waals surface area contributed by atoms with Crippen LogP contribution in [0.2, 0.25) is 0 Å². The average Bonchev–Trinajstić information content (AvgIpc) is 3.19. The molecule has 0 spiro atoms. The molecule has 1 fully saturated rings. The van der Waals surface area contributed by atoms with E-state index < -0.39 is 6.10 Å². The molecule has 3 rings (SSSR count). The quantitative estimate of drug-likeness (QED) is 0.774. The van der Waals surface area contributed by atoms with Gasteiger partial charge in [-0.2, -0.15) is 0 Å². The Bertz CT molecular complexity index is 653. The van der Waals surface area contributed by atoms with E-state index in [0.717, 1.165) is 17.1 Å². The summed E-state index contributed by atoms with van der Waals surface area (Å²) >= 11 is 3.38. The lowest BCUT2D eigenvalue weighted by Crippen LogP contribution is -2.41. The first-order valence-corrected chi connectivity index (χ1v) is 9.02. The minimum Gasteiger partial charge on any atom is -0.392 e. The van der Waals surface area contributed by atoms with Crippen LogP contribution in [-0.4, -0.2) is 41.2 Å². The predicted octanol–water partition coefficient (Wildman–Crippen LogP) is 1.56. The number of carbonyl (C=O) groups is 1. The first kappa shape index (κ1) is 15.6. The lowest BCUT2D eigenvalue weighted by atomic mass is 10.2. The van der Waals surface area contributed by atoms with Crippen molar-refractivity contribution in [2.45, 2.75) is 31.9 Å². The first-order valence-electron chi connectivity index (χ1n) is 7.32. The summed E-state index contributed by atoms with van der Waals surface area (Å²) in [5, 5.41) is 18.5. The smallest absolute Gasteiger partial charge is 0.237 e. The van der Waals surface area contributed by atoms with Gasteiger partial charge >= 0.3 is 0 Å². The molecule has 118 valence electrons. The second kappa shape index (κ2) is 6.87. The van der Waals surface area contributed by atoms with Crippen LogP contribution in [-0.2, 0) is 11.2 Å². The molecule has 5 nitrogen and oxygen atoms in total. The molecule has 2 atom stereocenters. The van der Waals surface area contributed by atoms with E-state index in [1.165, 1.54) is 9.75 Å². The van der Waals surface area contributed by atoms with Crippen LogP contribution in [0.4, 0.5) is 0 Å². The van der Waals surface area contributed by atoms with E-state index in [2.05, 4.69) is 33.1 Å². The number of amides is 1. The largest absolute Gasteiger partial charge is 0.392 e. The summed E-state index contributed by atoms with van der Waals surface area (Å²) in [6.07, 6.45) is 0.907. The van der Waals surface area contributed by atoms with Crippen molar-refractivity contribution in [1.82, 2.24) is 15.6 Å². The van der Waals surface area contributed by atoms with Crippen molar-refractivity contribution >= 4 is 28.6 Å². The van der Waals surface area contributed by atoms with Crippen molar-refractivity contribution in [1.29, 1.82) is 0 Å². The second-order valence-corrected chi connectivity index (χ2v) is 7.64. The van der Waals surface area contributed by atoms with Gasteiger partial charge in [-0.15, -0.1) is 22.7 Å². The number of hydrogen-bond donors (Lipinski definition) is 3. The standard InChI is InChI=1S/C15H19N3O2S2/c1-9-18-13(8-21-9)14-3-2-11(22-14)4-5-16-15(20)12-6-10(19)7-17-12/h2-3,8,10,12,17,19H,4-7H2,1H3,(H,16,20)/t10-,12+/m1/s1. The van der Waals surface area contributed by atoms with Gasteiger partial charge in [0.25, 0.3) is 0 Å². The van der Waals surface area contributed by atoms with Gasteiger partial charge in [0.2, 0.25) is 5.91 Å². The van der Waals surface area contributed by atoms with Gasteiger partial charge in [-0.1, -0.05) is 0 Å². The van der Waals surface area contributed by atoms with Crippen molar-refractivity contribution in [3.63, 3.8) is 0 Å². The van der Waals surface area contributed by atoms with Crippen LogP contribution >= 0.6 is 22.7 Å². The number of nitrogens with zero attached hydrogens (tertiary/aromatic N) is 1. The Morgan fingerprint density at radius 3 is 3.09 bits per heavy atom. The van der Waals surface area contributed by atoms with Crippen LogP contribution in [0, 0.1) is 6.92 Å². The number of thiophene rings is 1. The fourth-order valence-electron chi connectivity index (χ4n) is 2.48. The van der Waals surface area contributed by atoms with Crippen LogP contribution in [0.3, 0.4) is 0 Å². The Balaban J connectivity index is 1.48. The summed E-state index contributed by atoms with van der Waals surface area (Å²) < 4.78 is 0. The molecule has 0 aliphatic carbocycles. The van der Waals surface area contributed by atoms with Crippen molar-refractivity contribution in [2.24, 2.45) is 0 Å². The predicted molar refractivity (Wildman–Crippen MR) is 89.3 cm³/mol. The molecule has 0 saturated carbocycles. The Labute approximate surface area is 137 Å². The van der Waals surface area contributed by atoms with E-state index in [-0.39, 0.29) is 11.9 Å². The molecule has 7 heteroatoms. The molecule has 2 aromatic rings. The van der Waals surface area contributed by atoms with Crippen molar-refractivity contribution in [3.8, 4) is 10.6 Å². The van der Waals surface area contributed by atoms with Crippen LogP contribution in [0.1, 0.15) is 16.3 Å². The highest BCUT2D eigenvalue weighted by Gasteiger charge is 2.27. The number of aryl methyl sites for hydroxylation is 1. The molecule has 3 heterocycles. The third kappa shape index (κ3) is 3.73. The normalized spacial score (nSPS) is 21.2. The molecule has 0 unspecified atom stereocenters. The summed E-state index contributed by atoms with van der Waals surface area (Å²) in [5.41, 5.74) is 1.03. The number of nitrogens with one attached hydrogen (secondary N) is 2. The number of aliphatic hydroxyl groups excluding tert-OH is 1. The Kier molecular flexibility index (Phi) is 4.87. The molecule has 2 aromatic heterocycles. The van der Waals surface area contributed by atoms with Crippen molar-refractivity contribution in [2.75, 3.05) is 13.1 Å². The zero-order valence-electron chi connectivity index (χ0n) is 12.3. The van der Waals surface area contributed by atoms with Gasteiger partial charge in [0.1, 0.15) is 0 Å². The topological polar surface area (TPSA) is 74.2 Å². The number of aliphatic hydroxyl groups is 1. The summed E-state index contributed by atoms with van der Waals surface area (Å²) in [7, 11) is 0. The molecule has 1 aliphatic rings. The van der Waals surface area contributed by atoms with E-state index in [1.54, 1.807) is 22.7 Å². The number of rotatable bonds is 5. The molecule has 3 N–H and O–H groups in total. The maximum absolute atomic E-state index is 11.9. The van der Waals surface area contributed by atoms with Crippen molar-refractivity contribution in [3.05, 3.63) is 27.4 Å². The van der Waals surface area contributed by atoms with E-state index in [0.29, 0.717) is 19.5 Å². The molecular weight excluding hydrogens is 318 g/mol. The third-order valence-electron chi connectivity index (χ3n) is 3.63. The molecule has 0 radical (unpaired) electrons. The highest BCUT2D eigenvalue weighted by atomic mass is 32.1. The van der Waals surface area contributed by atoms with E-state index in [4.69, 9.17) is 0 Å². The maximum Gasteiger partial charge on any atom is 0.237 e. The van der Waals surface area contributed by atoms with Gasteiger partial charge in [-0.25, -0.2) is 4.98 Å². The van der Waals surface area contributed by atoms with E-state index >= 15 is 0 Å². The van der Waals surface area contributed by atoms with Crippen LogP contribution in [0.25, 0.3) is 10.6 Å². The van der Waals surface area contributed by atoms with Gasteiger partial charge in [0.05, 0.1) is 27.7 Å². The third-order valence-corrected chi connectivity index (χ3v) is 5.57. The Morgan fingerprint density at radius 2 is 2.41 bits per heavy atom. The lowest BCUT2D eigenvalue weighted by Gasteiger charge is -2.10. The van der Waals surface area contributed by atoms with E-state index in [1.807, 2.05) is 6.92 Å². The van der Waals surface area contributed by atoms with Gasteiger partial charge in [-0.05, 0) is 31.9 Å². The van der Waals surface area contributed by atoms with Crippen LogP contribution in [0.5, 0.6) is 0 Å². The average molecular weight is 337 g/mol. The number of carbonyl (C=O) groups excluding carboxylic acids is 1. The van der Waals surface area contributed by atoms with Crippen molar-refractivity contribution < 1.29 is 9.90 Å². The lowest BCUT2D eigenvalue weighted by molar-refractivity contribution is -0.122. The highest BCUT2D eigenvalue weighted by Crippen LogP contribution is 2.29. The fourth-order valence-corrected chi connectivity index (χ4v) is 4.13. The summed E-state index contributed by atoms with van der Waals surface area (Å²) in [6.45, 7) is 3.12. The minimum absolute atomic E-state index is 0.0246. The fraction of sp³-hybridized carbons (Fsp3) is 0.467. The second-order valence-electron chi connectivity index (χ2n) is 5.41. The molecule has 22 heavy (non-hydrogen) atoms. The minimum atomic E-state index is -0.405. The first-order chi connectivity index (χ1) is 10.6. The number of hydrogen-bond acceptors (Lipinski definition) is 6. The Morgan fingerprint density at radius 1 is 1.55 bits per heavy atom. The Hall–Kier alpha value is -1.28. The molecule has 1 aliphatic heterocycles. The summed E-state index contributed by atoms with van der Waals surface area (Å²) in [6, 6.07) is 3.93. The molecule has 1 saturated heterocycles. The molecule has 0 aromatic carbocycles. The van der Waals surface area contributed by atoms with Crippen LogP contribution < -0.4 is 10.6 Å². The monoisotopic (exact) mass is 337 g/mol. The molecule has 0 bridgehead atoms. The van der Waals surface area contributed by atoms with Crippen LogP contribution in [0.15, 0.2) is 17.5 Å². The van der Waals surface area contributed by atoms with Gasteiger partial charge in [0, 0.05) is 23.3 Å². The van der Waals surface area contributed by atoms with Gasteiger partial charge < -0.3 is 15.7 Å². The number of β-amino-alcohol motifs (C(OH)–C–C–N with tert-alkyl or cyclic N) is 1. The molecular formula is C15H19N3O2S2. The summed E-state index contributed by atoms with van der Waals surface area (Å²) in [4.78, 5) is 18.8. The highest BCUT2D eigenvalue weighted by molar-refractivity contribution is 7.16. The maximum atomic E-state index is 11.9. The van der Waals surface area contributed by atoms with Gasteiger partial charge in [-0.3, -0.25) is 4.79 Å². The van der Waals surface area contributed by atoms with Gasteiger partial charge in [0.15, 0.2) is 0 Å². The SMILES string of the molecule is Cc1nc(-c2ccc(CCNC(=O)[C@@H]3C[C@@H](O)CN3)s2)cs1. The molecule has 1 amide bonds. The number of thiazole rings is 1. The summed E-state index contributed by atoms with van der Waals surface area (Å²) in [5.74, 6) is -0.0246. The zero-order chi connectivity index (χ0) is 15.5. The number of aromatic nitrogens is 1. The zero-order valence-corrected chi connectivity index (χ0v) is 14.0. The van der Waals surface area contributed by atoms with E-state index in [9.17, 15) is 9.90 Å².